The molecule has 3 nitrogen and oxygen atoms in total. The van der Waals surface area contributed by atoms with E-state index in [1.165, 1.54) is 5.56 Å². The average Bonchev–Trinajstić information content (AvgIpc) is 2.82. The number of aromatic nitrogens is 2. The molecule has 78 valence electrons. The molecular weight excluding hydrogens is 208 g/mol. The number of ether oxygens (including phenoxy) is 1. The van der Waals surface area contributed by atoms with E-state index >= 15 is 0 Å². The Hall–Kier alpha value is -1.00. The van der Waals surface area contributed by atoms with Crippen molar-refractivity contribution < 1.29 is 4.74 Å². The number of imidazole rings is 1. The van der Waals surface area contributed by atoms with Gasteiger partial charge in [0.2, 0.25) is 0 Å². The summed E-state index contributed by atoms with van der Waals surface area (Å²) in [4.78, 5) is 4.39. The predicted molar refractivity (Wildman–Crippen MR) is 61.1 cm³/mol. The van der Waals surface area contributed by atoms with Crippen LogP contribution in [0.3, 0.4) is 0 Å². The zero-order chi connectivity index (χ0) is 10.3. The first-order chi connectivity index (χ1) is 7.34. The highest BCUT2D eigenvalue weighted by molar-refractivity contribution is 7.99. The molecule has 3 rings (SSSR count). The molecule has 2 aromatic rings. The van der Waals surface area contributed by atoms with Gasteiger partial charge in [0, 0.05) is 11.9 Å². The van der Waals surface area contributed by atoms with Gasteiger partial charge in [-0.2, -0.15) is 0 Å². The van der Waals surface area contributed by atoms with E-state index in [2.05, 4.69) is 34.6 Å². The minimum absolute atomic E-state index is 0.155. The third-order valence-electron chi connectivity index (χ3n) is 2.56. The number of aryl methyl sites for hydroxylation is 1. The van der Waals surface area contributed by atoms with Gasteiger partial charge in [-0.3, -0.25) is 0 Å². The summed E-state index contributed by atoms with van der Waals surface area (Å²) < 4.78 is 7.74. The van der Waals surface area contributed by atoms with Gasteiger partial charge in [0.25, 0.3) is 0 Å². The fourth-order valence-electron chi connectivity index (χ4n) is 1.81. The maximum Gasteiger partial charge on any atom is 0.145 e. The van der Waals surface area contributed by atoms with Crippen LogP contribution in [0, 0.1) is 6.92 Å². The minimum atomic E-state index is 0.155. The lowest BCUT2D eigenvalue weighted by Gasteiger charge is -2.07. The van der Waals surface area contributed by atoms with Gasteiger partial charge in [0.05, 0.1) is 18.5 Å². The number of thioether (sulfide) groups is 1. The van der Waals surface area contributed by atoms with Crippen molar-refractivity contribution in [3.63, 3.8) is 0 Å². The normalized spacial score (nSPS) is 21.3. The van der Waals surface area contributed by atoms with Crippen molar-refractivity contribution in [3.8, 4) is 0 Å². The van der Waals surface area contributed by atoms with Crippen molar-refractivity contribution in [2.24, 2.45) is 0 Å². The Labute approximate surface area is 92.5 Å². The van der Waals surface area contributed by atoms with E-state index in [1.807, 2.05) is 18.0 Å². The van der Waals surface area contributed by atoms with Crippen molar-refractivity contribution in [1.82, 2.24) is 9.38 Å². The number of hydrogen-bond acceptors (Lipinski definition) is 3. The molecule has 0 radical (unpaired) electrons. The lowest BCUT2D eigenvalue weighted by Crippen LogP contribution is -1.98. The third-order valence-corrected chi connectivity index (χ3v) is 3.64. The van der Waals surface area contributed by atoms with Crippen molar-refractivity contribution >= 4 is 17.4 Å². The van der Waals surface area contributed by atoms with Gasteiger partial charge in [-0.15, -0.1) is 11.8 Å². The van der Waals surface area contributed by atoms with Crippen LogP contribution >= 0.6 is 11.8 Å². The summed E-state index contributed by atoms with van der Waals surface area (Å²) in [5.41, 5.74) is 3.54. The number of pyridine rings is 1. The summed E-state index contributed by atoms with van der Waals surface area (Å²) in [6.45, 7) is 2.92. The van der Waals surface area contributed by atoms with Gasteiger partial charge >= 0.3 is 0 Å². The number of fused-ring (bicyclic) bond motifs is 1. The maximum absolute atomic E-state index is 5.64. The molecule has 1 aliphatic heterocycles. The third kappa shape index (κ3) is 1.54. The molecule has 1 fully saturated rings. The minimum Gasteiger partial charge on any atom is -0.360 e. The Bertz CT molecular complexity index is 488. The van der Waals surface area contributed by atoms with Gasteiger partial charge < -0.3 is 9.14 Å². The second-order valence-electron chi connectivity index (χ2n) is 3.69. The molecule has 0 amide bonds. The van der Waals surface area contributed by atoms with Crippen LogP contribution in [0.5, 0.6) is 0 Å². The largest absolute Gasteiger partial charge is 0.360 e. The van der Waals surface area contributed by atoms with Crippen molar-refractivity contribution in [1.29, 1.82) is 0 Å². The van der Waals surface area contributed by atoms with Gasteiger partial charge in [-0.1, -0.05) is 0 Å². The van der Waals surface area contributed by atoms with Gasteiger partial charge in [0.1, 0.15) is 11.1 Å². The molecule has 1 saturated heterocycles. The van der Waals surface area contributed by atoms with E-state index in [-0.39, 0.29) is 5.44 Å². The first kappa shape index (κ1) is 9.24. The smallest absolute Gasteiger partial charge is 0.145 e. The Morgan fingerprint density at radius 3 is 3.33 bits per heavy atom. The second-order valence-corrected chi connectivity index (χ2v) is 4.86. The Balaban J connectivity index is 2.11. The van der Waals surface area contributed by atoms with Gasteiger partial charge in [-0.05, 0) is 24.6 Å². The Kier molecular flexibility index (Phi) is 2.18. The van der Waals surface area contributed by atoms with Crippen LogP contribution in [-0.2, 0) is 4.74 Å². The zero-order valence-corrected chi connectivity index (χ0v) is 9.33. The highest BCUT2D eigenvalue weighted by Crippen LogP contribution is 2.34. The molecule has 0 spiro atoms. The molecular formula is C11H12N2OS. The van der Waals surface area contributed by atoms with Crippen LogP contribution in [0.4, 0.5) is 0 Å². The van der Waals surface area contributed by atoms with E-state index in [0.29, 0.717) is 0 Å². The standard InChI is InChI=1S/C11H12N2OS/c1-8-2-3-13-9(7-12-10(13)6-8)11-14-4-5-15-11/h2-3,6-7,11H,4-5H2,1H3. The van der Waals surface area contributed by atoms with Crippen LogP contribution in [-0.4, -0.2) is 21.7 Å². The SMILES string of the molecule is Cc1ccn2c(C3OCCS3)cnc2c1. The summed E-state index contributed by atoms with van der Waals surface area (Å²) in [6.07, 6.45) is 3.98. The van der Waals surface area contributed by atoms with E-state index in [1.54, 1.807) is 0 Å². The van der Waals surface area contributed by atoms with Crippen LogP contribution in [0.2, 0.25) is 0 Å². The summed E-state index contributed by atoms with van der Waals surface area (Å²) >= 11 is 1.84. The molecule has 1 unspecified atom stereocenters. The average molecular weight is 220 g/mol. The molecule has 1 aliphatic rings. The molecule has 15 heavy (non-hydrogen) atoms. The topological polar surface area (TPSA) is 26.5 Å². The quantitative estimate of drug-likeness (QED) is 0.738. The van der Waals surface area contributed by atoms with Crippen molar-refractivity contribution in [2.45, 2.75) is 12.4 Å². The van der Waals surface area contributed by atoms with Crippen LogP contribution in [0.15, 0.2) is 24.5 Å². The van der Waals surface area contributed by atoms with Gasteiger partial charge in [0.15, 0.2) is 0 Å². The summed E-state index contributed by atoms with van der Waals surface area (Å²) in [7, 11) is 0. The van der Waals surface area contributed by atoms with Crippen LogP contribution in [0.1, 0.15) is 16.7 Å². The fraction of sp³-hybridized carbons (Fsp3) is 0.364. The molecule has 0 aliphatic carbocycles. The molecule has 0 bridgehead atoms. The Morgan fingerprint density at radius 1 is 1.60 bits per heavy atom. The van der Waals surface area contributed by atoms with E-state index in [9.17, 15) is 0 Å². The highest BCUT2D eigenvalue weighted by Gasteiger charge is 2.21. The summed E-state index contributed by atoms with van der Waals surface area (Å²) in [6, 6.07) is 4.18. The molecule has 1 atom stereocenters. The first-order valence-corrected chi connectivity index (χ1v) is 6.06. The van der Waals surface area contributed by atoms with Crippen molar-refractivity contribution in [3.05, 3.63) is 35.8 Å². The van der Waals surface area contributed by atoms with E-state index in [0.717, 1.165) is 23.7 Å². The fourth-order valence-corrected chi connectivity index (χ4v) is 2.75. The van der Waals surface area contributed by atoms with E-state index in [4.69, 9.17) is 4.74 Å². The summed E-state index contributed by atoms with van der Waals surface area (Å²) in [5, 5.41) is 0. The highest BCUT2D eigenvalue weighted by atomic mass is 32.2. The van der Waals surface area contributed by atoms with Crippen LogP contribution < -0.4 is 0 Å². The zero-order valence-electron chi connectivity index (χ0n) is 8.51. The second kappa shape index (κ2) is 3.54. The number of nitrogens with zero attached hydrogens (tertiary/aromatic N) is 2. The predicted octanol–water partition coefficient (Wildman–Crippen LogP) is 2.40. The molecule has 0 saturated carbocycles. The monoisotopic (exact) mass is 220 g/mol. The molecule has 2 aromatic heterocycles. The molecule has 4 heteroatoms. The van der Waals surface area contributed by atoms with E-state index < -0.39 is 0 Å². The lowest BCUT2D eigenvalue weighted by molar-refractivity contribution is 0.141. The van der Waals surface area contributed by atoms with Gasteiger partial charge in [-0.25, -0.2) is 4.98 Å². The summed E-state index contributed by atoms with van der Waals surface area (Å²) in [5.74, 6) is 1.07. The van der Waals surface area contributed by atoms with Crippen molar-refractivity contribution in [2.75, 3.05) is 12.4 Å². The molecule has 3 heterocycles. The number of rotatable bonds is 1. The first-order valence-electron chi connectivity index (χ1n) is 5.01. The molecule has 0 N–H and O–H groups in total. The molecule has 0 aromatic carbocycles. The van der Waals surface area contributed by atoms with Crippen LogP contribution in [0.25, 0.3) is 5.65 Å². The Morgan fingerprint density at radius 2 is 2.53 bits per heavy atom. The number of hydrogen-bond donors (Lipinski definition) is 0. The lowest BCUT2D eigenvalue weighted by atomic mass is 10.3. The maximum atomic E-state index is 5.64.